The van der Waals surface area contributed by atoms with Crippen LogP contribution in [0.15, 0.2) is 36.4 Å². The fourth-order valence-electron chi connectivity index (χ4n) is 1.46. The molecule has 0 aliphatic rings. The van der Waals surface area contributed by atoms with Gasteiger partial charge in [0, 0.05) is 0 Å². The van der Waals surface area contributed by atoms with E-state index in [1.54, 1.807) is 0 Å². The van der Waals surface area contributed by atoms with Crippen LogP contribution in [0.3, 0.4) is 0 Å². The average molecular weight is 262 g/mol. The van der Waals surface area contributed by atoms with Crippen LogP contribution in [-0.2, 0) is 0 Å². The summed E-state index contributed by atoms with van der Waals surface area (Å²) in [6.07, 6.45) is 6.36. The van der Waals surface area contributed by atoms with Crippen LogP contribution in [0.5, 0.6) is 0 Å². The maximum atomic E-state index is 2.24. The third-order valence-electron chi connectivity index (χ3n) is 2.50. The third kappa shape index (κ3) is 8.42. The molecule has 1 rings (SSSR count). The van der Waals surface area contributed by atoms with Gasteiger partial charge in [-0.3, -0.25) is 0 Å². The molecule has 0 radical (unpaired) electrons. The number of rotatable bonds is 2. The van der Waals surface area contributed by atoms with Crippen molar-refractivity contribution in [1.29, 1.82) is 0 Å². The number of hydrogen-bond acceptors (Lipinski definition) is 0. The Kier molecular flexibility index (Phi) is 17.7. The number of benzene rings is 1. The SMILES string of the molecule is C.C/C=C\C(=C/C)c1ccc(C)c(C)c1.CC.CC. The molecule has 0 unspecified atom stereocenters. The molecule has 0 saturated carbocycles. The van der Waals surface area contributed by atoms with Crippen molar-refractivity contribution in [1.82, 2.24) is 0 Å². The molecule has 0 aliphatic carbocycles. The van der Waals surface area contributed by atoms with Gasteiger partial charge in [-0.05, 0) is 50.0 Å². The van der Waals surface area contributed by atoms with Crippen molar-refractivity contribution in [3.8, 4) is 0 Å². The van der Waals surface area contributed by atoms with Crippen LogP contribution >= 0.6 is 0 Å². The Morgan fingerprint density at radius 1 is 0.895 bits per heavy atom. The quantitative estimate of drug-likeness (QED) is 0.505. The van der Waals surface area contributed by atoms with Crippen LogP contribution in [0.25, 0.3) is 5.57 Å². The molecular formula is C19H34. The Morgan fingerprint density at radius 3 is 1.79 bits per heavy atom. The lowest BCUT2D eigenvalue weighted by Crippen LogP contribution is -1.85. The largest absolute Gasteiger partial charge is 0.0871 e. The molecule has 110 valence electrons. The number of aryl methyl sites for hydroxylation is 2. The van der Waals surface area contributed by atoms with Gasteiger partial charge in [-0.15, -0.1) is 0 Å². The molecule has 0 spiro atoms. The summed E-state index contributed by atoms with van der Waals surface area (Å²) in [6.45, 7) is 16.4. The minimum Gasteiger partial charge on any atom is -0.0871 e. The molecule has 1 aromatic rings. The normalized spacial score (nSPS) is 9.79. The van der Waals surface area contributed by atoms with Crippen molar-refractivity contribution in [3.63, 3.8) is 0 Å². The lowest BCUT2D eigenvalue weighted by Gasteiger charge is -2.05. The van der Waals surface area contributed by atoms with Gasteiger partial charge in [0.1, 0.15) is 0 Å². The second-order valence-electron chi connectivity index (χ2n) is 3.54. The Morgan fingerprint density at radius 2 is 1.42 bits per heavy atom. The average Bonchev–Trinajstić information content (AvgIpc) is 2.44. The van der Waals surface area contributed by atoms with E-state index in [1.807, 2.05) is 34.6 Å². The molecule has 0 saturated heterocycles. The summed E-state index contributed by atoms with van der Waals surface area (Å²) in [4.78, 5) is 0. The van der Waals surface area contributed by atoms with Crippen molar-refractivity contribution in [2.24, 2.45) is 0 Å². The predicted molar refractivity (Wildman–Crippen MR) is 93.8 cm³/mol. The topological polar surface area (TPSA) is 0 Å². The molecule has 0 heteroatoms. The highest BCUT2D eigenvalue weighted by molar-refractivity contribution is 5.74. The molecule has 0 fully saturated rings. The first-order valence-corrected chi connectivity index (χ1v) is 7.05. The Bertz CT molecular complexity index is 368. The lowest BCUT2D eigenvalue weighted by molar-refractivity contribution is 1.33. The van der Waals surface area contributed by atoms with Crippen LogP contribution in [0.1, 0.15) is 65.7 Å². The molecule has 0 heterocycles. The standard InChI is InChI=1S/C14H18.2C2H6.CH4/c1-5-7-13(6-2)14-9-8-11(3)12(4)10-14;2*1-2;/h5-10H,1-4H3;2*1-2H3;1H4/b7-5-,13-6+;;;. The highest BCUT2D eigenvalue weighted by atomic mass is 14.0. The smallest absolute Gasteiger partial charge is 0.0185 e. The Labute approximate surface area is 122 Å². The van der Waals surface area contributed by atoms with Crippen molar-refractivity contribution in [3.05, 3.63) is 53.1 Å². The van der Waals surface area contributed by atoms with Gasteiger partial charge in [0.2, 0.25) is 0 Å². The second-order valence-corrected chi connectivity index (χ2v) is 3.54. The molecule has 0 bridgehead atoms. The van der Waals surface area contributed by atoms with E-state index in [2.05, 4.69) is 57.2 Å². The van der Waals surface area contributed by atoms with Crippen molar-refractivity contribution in [2.45, 2.75) is 62.8 Å². The molecule has 19 heavy (non-hydrogen) atoms. The molecule has 0 nitrogen and oxygen atoms in total. The molecule has 0 atom stereocenters. The van der Waals surface area contributed by atoms with E-state index in [0.29, 0.717) is 0 Å². The maximum absolute atomic E-state index is 2.24. The summed E-state index contributed by atoms with van der Waals surface area (Å²) in [7, 11) is 0. The number of hydrogen-bond donors (Lipinski definition) is 0. The monoisotopic (exact) mass is 262 g/mol. The third-order valence-corrected chi connectivity index (χ3v) is 2.50. The fourth-order valence-corrected chi connectivity index (χ4v) is 1.46. The maximum Gasteiger partial charge on any atom is -0.0185 e. The van der Waals surface area contributed by atoms with Gasteiger partial charge in [0.25, 0.3) is 0 Å². The van der Waals surface area contributed by atoms with Gasteiger partial charge in [-0.25, -0.2) is 0 Å². The molecular weight excluding hydrogens is 228 g/mol. The Balaban J connectivity index is -0.000000467. The van der Waals surface area contributed by atoms with E-state index in [0.717, 1.165) is 0 Å². The zero-order chi connectivity index (χ0) is 14.6. The van der Waals surface area contributed by atoms with Gasteiger partial charge >= 0.3 is 0 Å². The van der Waals surface area contributed by atoms with Crippen molar-refractivity contribution < 1.29 is 0 Å². The highest BCUT2D eigenvalue weighted by Gasteiger charge is 1.98. The van der Waals surface area contributed by atoms with E-state index in [9.17, 15) is 0 Å². The zero-order valence-corrected chi connectivity index (χ0v) is 13.5. The van der Waals surface area contributed by atoms with Gasteiger partial charge in [-0.2, -0.15) is 0 Å². The first-order valence-electron chi connectivity index (χ1n) is 7.05. The first-order chi connectivity index (χ1) is 8.69. The van der Waals surface area contributed by atoms with E-state index in [4.69, 9.17) is 0 Å². The molecule has 1 aromatic carbocycles. The Hall–Kier alpha value is -1.30. The van der Waals surface area contributed by atoms with Crippen LogP contribution in [0.2, 0.25) is 0 Å². The molecule has 0 N–H and O–H groups in total. The second kappa shape index (κ2) is 14.8. The summed E-state index contributed by atoms with van der Waals surface area (Å²) >= 11 is 0. The van der Waals surface area contributed by atoms with E-state index >= 15 is 0 Å². The van der Waals surface area contributed by atoms with Crippen LogP contribution in [0.4, 0.5) is 0 Å². The first kappa shape index (κ1) is 22.8. The summed E-state index contributed by atoms with van der Waals surface area (Å²) in [6, 6.07) is 6.60. The van der Waals surface area contributed by atoms with E-state index in [1.165, 1.54) is 22.3 Å². The van der Waals surface area contributed by atoms with Crippen LogP contribution < -0.4 is 0 Å². The number of allylic oxidation sites excluding steroid dienone is 4. The summed E-state index contributed by atoms with van der Waals surface area (Å²) in [5, 5.41) is 0. The van der Waals surface area contributed by atoms with Crippen LogP contribution in [-0.4, -0.2) is 0 Å². The van der Waals surface area contributed by atoms with Crippen molar-refractivity contribution in [2.75, 3.05) is 0 Å². The fraction of sp³-hybridized carbons (Fsp3) is 0.474. The highest BCUT2D eigenvalue weighted by Crippen LogP contribution is 2.19. The summed E-state index contributed by atoms with van der Waals surface area (Å²) < 4.78 is 0. The zero-order valence-electron chi connectivity index (χ0n) is 13.5. The van der Waals surface area contributed by atoms with Crippen LogP contribution in [0, 0.1) is 13.8 Å². The molecule has 0 amide bonds. The minimum absolute atomic E-state index is 0. The van der Waals surface area contributed by atoms with Gasteiger partial charge in [-0.1, -0.05) is 71.5 Å². The van der Waals surface area contributed by atoms with E-state index < -0.39 is 0 Å². The van der Waals surface area contributed by atoms with Gasteiger partial charge < -0.3 is 0 Å². The van der Waals surface area contributed by atoms with Crippen molar-refractivity contribution >= 4 is 5.57 Å². The van der Waals surface area contributed by atoms with Gasteiger partial charge in [0.05, 0.1) is 0 Å². The van der Waals surface area contributed by atoms with Gasteiger partial charge in [0.15, 0.2) is 0 Å². The minimum atomic E-state index is 0. The predicted octanol–water partition coefficient (Wildman–Crippen LogP) is 6.97. The molecule has 0 aliphatic heterocycles. The summed E-state index contributed by atoms with van der Waals surface area (Å²) in [5.74, 6) is 0. The molecule has 0 aromatic heterocycles. The summed E-state index contributed by atoms with van der Waals surface area (Å²) in [5.41, 5.74) is 5.29. The van der Waals surface area contributed by atoms with E-state index in [-0.39, 0.29) is 7.43 Å². The lowest BCUT2D eigenvalue weighted by atomic mass is 10.00.